The summed E-state index contributed by atoms with van der Waals surface area (Å²) < 4.78 is 7.22. The first kappa shape index (κ1) is 18.8. The quantitative estimate of drug-likeness (QED) is 0.281. The van der Waals surface area contributed by atoms with Crippen LogP contribution < -0.4 is 10.1 Å². The Morgan fingerprint density at radius 1 is 1.45 bits per heavy atom. The van der Waals surface area contributed by atoms with Crippen LogP contribution in [-0.2, 0) is 4.79 Å². The molecule has 0 aromatic heterocycles. The number of hydrogen-bond acceptors (Lipinski definition) is 3. The Bertz CT molecular complexity index is 659. The van der Waals surface area contributed by atoms with Gasteiger partial charge in [-0.25, -0.2) is 0 Å². The molecule has 1 N–H and O–H groups in total. The molecule has 1 rings (SSSR count). The Morgan fingerprint density at radius 2 is 2.05 bits per heavy atom. The summed E-state index contributed by atoms with van der Waals surface area (Å²) in [4.78, 5) is 11.9. The molecule has 0 saturated heterocycles. The molecule has 6 heteroatoms. The number of nitriles is 1. The van der Waals surface area contributed by atoms with Gasteiger partial charge in [-0.2, -0.15) is 5.26 Å². The van der Waals surface area contributed by atoms with Gasteiger partial charge in [-0.05, 0) is 82.8 Å². The third-order valence-corrected chi connectivity index (χ3v) is 4.02. The summed E-state index contributed by atoms with van der Waals surface area (Å²) in [6, 6.07) is 5.59. The number of benzene rings is 1. The minimum Gasteiger partial charge on any atom is -0.479 e. The molecule has 1 aromatic carbocycles. The van der Waals surface area contributed by atoms with Gasteiger partial charge in [-0.1, -0.05) is 5.92 Å². The van der Waals surface area contributed by atoms with Crippen LogP contribution in [0.4, 0.5) is 0 Å². The van der Waals surface area contributed by atoms with E-state index in [1.807, 2.05) is 32.0 Å². The molecule has 0 fully saturated rings. The second-order valence-corrected chi connectivity index (χ2v) is 6.93. The number of rotatable bonds is 5. The predicted octanol–water partition coefficient (Wildman–Crippen LogP) is 3.34. The molecule has 1 amide bonds. The lowest BCUT2D eigenvalue weighted by atomic mass is 10.1. The molecule has 0 heterocycles. The van der Waals surface area contributed by atoms with Gasteiger partial charge in [0.15, 0.2) is 0 Å². The standard InChI is InChI=1S/C16H14I2N2O2/c1-4-5-22-15-13(17)7-11(8-14(15)18)6-12(9-19)16(21)20-10(2)3/h1,6-8,10H,5H2,2-3H3,(H,20,21)/b12-6-. The van der Waals surface area contributed by atoms with E-state index >= 15 is 0 Å². The highest BCUT2D eigenvalue weighted by molar-refractivity contribution is 14.1. The zero-order chi connectivity index (χ0) is 16.7. The Balaban J connectivity index is 3.12. The van der Waals surface area contributed by atoms with Gasteiger partial charge < -0.3 is 10.1 Å². The van der Waals surface area contributed by atoms with Crippen LogP contribution >= 0.6 is 45.2 Å². The number of carbonyl (C=O) groups excluding carboxylic acids is 1. The zero-order valence-electron chi connectivity index (χ0n) is 12.1. The van der Waals surface area contributed by atoms with E-state index in [2.05, 4.69) is 56.4 Å². The first-order valence-electron chi connectivity index (χ1n) is 6.37. The fraction of sp³-hybridized carbons (Fsp3) is 0.250. The van der Waals surface area contributed by atoms with E-state index in [1.165, 1.54) is 0 Å². The van der Waals surface area contributed by atoms with Gasteiger partial charge in [-0.15, -0.1) is 6.42 Å². The molecular weight excluding hydrogens is 506 g/mol. The Labute approximate surface area is 157 Å². The molecule has 0 radical (unpaired) electrons. The van der Waals surface area contributed by atoms with Crippen LogP contribution in [0.5, 0.6) is 5.75 Å². The lowest BCUT2D eigenvalue weighted by molar-refractivity contribution is -0.117. The van der Waals surface area contributed by atoms with Gasteiger partial charge in [0.2, 0.25) is 0 Å². The molecule has 0 bridgehead atoms. The van der Waals surface area contributed by atoms with Crippen LogP contribution in [0.15, 0.2) is 17.7 Å². The average Bonchev–Trinajstić information content (AvgIpc) is 2.43. The normalized spacial score (nSPS) is 10.8. The fourth-order valence-electron chi connectivity index (χ4n) is 1.57. The second kappa shape index (κ2) is 9.01. The number of ether oxygens (including phenoxy) is 1. The third-order valence-electron chi connectivity index (χ3n) is 2.42. The predicted molar refractivity (Wildman–Crippen MR) is 103 cm³/mol. The van der Waals surface area contributed by atoms with Crippen molar-refractivity contribution >= 4 is 57.2 Å². The number of carbonyl (C=O) groups is 1. The summed E-state index contributed by atoms with van der Waals surface area (Å²) in [5, 5.41) is 11.9. The van der Waals surface area contributed by atoms with Crippen LogP contribution in [0.1, 0.15) is 19.4 Å². The molecular formula is C16H14I2N2O2. The van der Waals surface area contributed by atoms with Crippen LogP contribution in [0, 0.1) is 30.8 Å². The topological polar surface area (TPSA) is 62.1 Å². The molecule has 0 saturated carbocycles. The van der Waals surface area contributed by atoms with E-state index in [-0.39, 0.29) is 24.1 Å². The van der Waals surface area contributed by atoms with E-state index in [4.69, 9.17) is 16.4 Å². The van der Waals surface area contributed by atoms with Gasteiger partial charge >= 0.3 is 0 Å². The van der Waals surface area contributed by atoms with Crippen molar-refractivity contribution in [1.82, 2.24) is 5.32 Å². The van der Waals surface area contributed by atoms with E-state index in [0.717, 1.165) is 12.7 Å². The first-order chi connectivity index (χ1) is 10.4. The number of nitrogens with zero attached hydrogens (tertiary/aromatic N) is 1. The van der Waals surface area contributed by atoms with Crippen molar-refractivity contribution in [3.05, 3.63) is 30.4 Å². The van der Waals surface area contributed by atoms with E-state index in [1.54, 1.807) is 6.08 Å². The molecule has 4 nitrogen and oxygen atoms in total. The highest BCUT2D eigenvalue weighted by Crippen LogP contribution is 2.29. The summed E-state index contributed by atoms with van der Waals surface area (Å²) in [7, 11) is 0. The molecule has 0 atom stereocenters. The van der Waals surface area contributed by atoms with Gasteiger partial charge in [0.1, 0.15) is 24.0 Å². The third kappa shape index (κ3) is 5.50. The van der Waals surface area contributed by atoms with Crippen LogP contribution in [0.25, 0.3) is 6.08 Å². The lowest BCUT2D eigenvalue weighted by Gasteiger charge is -2.10. The minimum atomic E-state index is -0.379. The van der Waals surface area contributed by atoms with Crippen molar-refractivity contribution in [3.8, 4) is 24.2 Å². The van der Waals surface area contributed by atoms with Gasteiger partial charge in [-0.3, -0.25) is 4.79 Å². The summed E-state index contributed by atoms with van der Waals surface area (Å²) in [5.74, 6) is 2.75. The van der Waals surface area contributed by atoms with Crippen LogP contribution in [-0.4, -0.2) is 18.6 Å². The smallest absolute Gasteiger partial charge is 0.262 e. The molecule has 0 unspecified atom stereocenters. The lowest BCUT2D eigenvalue weighted by Crippen LogP contribution is -2.30. The maximum Gasteiger partial charge on any atom is 0.262 e. The Kier molecular flexibility index (Phi) is 7.69. The SMILES string of the molecule is C#CCOc1c(I)cc(/C=C(/C#N)C(=O)NC(C)C)cc1I. The van der Waals surface area contributed by atoms with Crippen LogP contribution in [0.2, 0.25) is 0 Å². The van der Waals surface area contributed by atoms with Crippen molar-refractivity contribution in [3.63, 3.8) is 0 Å². The largest absolute Gasteiger partial charge is 0.479 e. The van der Waals surface area contributed by atoms with Gasteiger partial charge in [0.25, 0.3) is 5.91 Å². The van der Waals surface area contributed by atoms with Gasteiger partial charge in [0, 0.05) is 6.04 Å². The van der Waals surface area contributed by atoms with Crippen LogP contribution in [0.3, 0.4) is 0 Å². The molecule has 22 heavy (non-hydrogen) atoms. The fourth-order valence-corrected chi connectivity index (χ4v) is 3.70. The average molecular weight is 520 g/mol. The number of nitrogens with one attached hydrogen (secondary N) is 1. The van der Waals surface area contributed by atoms with Crippen molar-refractivity contribution in [2.24, 2.45) is 0 Å². The van der Waals surface area contributed by atoms with Crippen molar-refractivity contribution < 1.29 is 9.53 Å². The summed E-state index contributed by atoms with van der Waals surface area (Å²) in [5.41, 5.74) is 0.829. The second-order valence-electron chi connectivity index (χ2n) is 4.60. The maximum atomic E-state index is 11.9. The molecule has 0 spiro atoms. The summed E-state index contributed by atoms with van der Waals surface area (Å²) in [6.07, 6.45) is 6.76. The van der Waals surface area contributed by atoms with Crippen molar-refractivity contribution in [1.29, 1.82) is 5.26 Å². The Hall–Kier alpha value is -1.26. The van der Waals surface area contributed by atoms with E-state index < -0.39 is 0 Å². The number of halogens is 2. The highest BCUT2D eigenvalue weighted by Gasteiger charge is 2.12. The highest BCUT2D eigenvalue weighted by atomic mass is 127. The molecule has 0 aliphatic heterocycles. The van der Waals surface area contributed by atoms with Crippen molar-refractivity contribution in [2.75, 3.05) is 6.61 Å². The summed E-state index contributed by atoms with van der Waals surface area (Å²) >= 11 is 4.27. The van der Waals surface area contributed by atoms with E-state index in [9.17, 15) is 4.79 Å². The monoisotopic (exact) mass is 520 g/mol. The first-order valence-corrected chi connectivity index (χ1v) is 8.52. The molecule has 0 aliphatic rings. The molecule has 0 aliphatic carbocycles. The van der Waals surface area contributed by atoms with Crippen molar-refractivity contribution in [2.45, 2.75) is 19.9 Å². The molecule has 114 valence electrons. The van der Waals surface area contributed by atoms with Gasteiger partial charge in [0.05, 0.1) is 7.14 Å². The zero-order valence-corrected chi connectivity index (χ0v) is 16.4. The maximum absolute atomic E-state index is 11.9. The Morgan fingerprint density at radius 3 is 2.50 bits per heavy atom. The number of hydrogen-bond donors (Lipinski definition) is 1. The molecule has 1 aromatic rings. The minimum absolute atomic E-state index is 0.0240. The van der Waals surface area contributed by atoms with E-state index in [0.29, 0.717) is 5.75 Å². The number of amides is 1. The summed E-state index contributed by atoms with van der Waals surface area (Å²) in [6.45, 7) is 3.88. The number of terminal acetylenes is 1.